The summed E-state index contributed by atoms with van der Waals surface area (Å²) < 4.78 is 2.42. The number of quaternary nitrogens is 2. The first kappa shape index (κ1) is 27.3. The monoisotopic (exact) mass is 390 g/mol. The molecule has 0 unspecified atom stereocenters. The summed E-state index contributed by atoms with van der Waals surface area (Å²) in [5.74, 6) is 0. The van der Waals surface area contributed by atoms with Gasteiger partial charge in [-0.15, -0.1) is 0 Å². The van der Waals surface area contributed by atoms with Crippen LogP contribution in [0.1, 0.15) is 41.5 Å². The molecule has 2 nitrogen and oxygen atoms in total. The molecule has 0 N–H and O–H groups in total. The van der Waals surface area contributed by atoms with Crippen molar-refractivity contribution in [2.45, 2.75) is 41.5 Å². The van der Waals surface area contributed by atoms with E-state index in [0.717, 1.165) is 0 Å². The van der Waals surface area contributed by atoms with Gasteiger partial charge in [-0.05, 0) is 41.5 Å². The van der Waals surface area contributed by atoms with Crippen molar-refractivity contribution in [2.75, 3.05) is 53.4 Å². The number of nitrogens with zero attached hydrogens (tertiary/aromatic N) is 2. The van der Waals surface area contributed by atoms with Crippen LogP contribution in [0.2, 0.25) is 0 Å². The summed E-state index contributed by atoms with van der Waals surface area (Å²) >= 11 is 0. The second-order valence-corrected chi connectivity index (χ2v) is 5.14. The van der Waals surface area contributed by atoms with Crippen LogP contribution in [-0.2, 0) is 0 Å². The van der Waals surface area contributed by atoms with Gasteiger partial charge in [0.25, 0.3) is 0 Å². The Hall–Kier alpha value is 0.880. The second-order valence-electron chi connectivity index (χ2n) is 5.14. The molecule has 0 bridgehead atoms. The summed E-state index contributed by atoms with van der Waals surface area (Å²) in [5.41, 5.74) is 0. The van der Waals surface area contributed by atoms with E-state index < -0.39 is 0 Å². The van der Waals surface area contributed by atoms with E-state index in [1.54, 1.807) is 0 Å². The summed E-state index contributed by atoms with van der Waals surface area (Å²) in [5, 5.41) is 0. The molecular formula is C14H36Br2N2. The highest BCUT2D eigenvalue weighted by atomic mass is 79.9. The third-order valence-corrected chi connectivity index (χ3v) is 4.58. The lowest BCUT2D eigenvalue weighted by Gasteiger charge is -2.30. The van der Waals surface area contributed by atoms with Gasteiger partial charge in [-0.3, -0.25) is 0 Å². The Bertz CT molecular complexity index is 121. The SMILES string of the molecule is CC[N+](C)(CC)CC.CC[N+](C)(CC)CC.[Br-].[Br-]. The molecule has 0 aromatic rings. The highest BCUT2D eigenvalue weighted by Crippen LogP contribution is 1.98. The first-order valence-corrected chi connectivity index (χ1v) is 7.03. The van der Waals surface area contributed by atoms with Crippen molar-refractivity contribution in [3.05, 3.63) is 0 Å². The maximum Gasteiger partial charge on any atom is 0.0755 e. The van der Waals surface area contributed by atoms with E-state index in [4.69, 9.17) is 0 Å². The van der Waals surface area contributed by atoms with E-state index in [0.29, 0.717) is 0 Å². The summed E-state index contributed by atoms with van der Waals surface area (Å²) in [6.07, 6.45) is 0. The van der Waals surface area contributed by atoms with Crippen molar-refractivity contribution in [3.63, 3.8) is 0 Å². The molecule has 0 aromatic heterocycles. The molecule has 0 atom stereocenters. The number of rotatable bonds is 6. The Balaban J connectivity index is -0.0000000980. The van der Waals surface area contributed by atoms with E-state index >= 15 is 0 Å². The van der Waals surface area contributed by atoms with E-state index in [1.807, 2.05) is 0 Å². The smallest absolute Gasteiger partial charge is 0.0755 e. The lowest BCUT2D eigenvalue weighted by Crippen LogP contribution is -3.00. The summed E-state index contributed by atoms with van der Waals surface area (Å²) in [6.45, 7) is 21.0. The minimum Gasteiger partial charge on any atom is -1.00 e. The molecule has 0 rings (SSSR count). The molecule has 0 aliphatic carbocycles. The number of hydrogen-bond acceptors (Lipinski definition) is 0. The molecule has 0 radical (unpaired) electrons. The van der Waals surface area contributed by atoms with Crippen LogP contribution in [-0.4, -0.2) is 62.3 Å². The Morgan fingerprint density at radius 1 is 0.444 bits per heavy atom. The van der Waals surface area contributed by atoms with Crippen LogP contribution in [0.5, 0.6) is 0 Å². The van der Waals surface area contributed by atoms with Gasteiger partial charge in [0.1, 0.15) is 0 Å². The van der Waals surface area contributed by atoms with Gasteiger partial charge in [-0.1, -0.05) is 0 Å². The van der Waals surface area contributed by atoms with E-state index in [9.17, 15) is 0 Å². The Morgan fingerprint density at radius 3 is 0.556 bits per heavy atom. The minimum atomic E-state index is 0. The van der Waals surface area contributed by atoms with Crippen LogP contribution in [0, 0.1) is 0 Å². The van der Waals surface area contributed by atoms with Gasteiger partial charge in [0.15, 0.2) is 0 Å². The van der Waals surface area contributed by atoms with Crippen LogP contribution in [0.3, 0.4) is 0 Å². The van der Waals surface area contributed by atoms with Crippen molar-refractivity contribution < 1.29 is 42.9 Å². The van der Waals surface area contributed by atoms with Crippen molar-refractivity contribution in [1.29, 1.82) is 0 Å². The van der Waals surface area contributed by atoms with Crippen LogP contribution in [0.25, 0.3) is 0 Å². The molecule has 0 heterocycles. The molecule has 116 valence electrons. The zero-order valence-electron chi connectivity index (χ0n) is 13.9. The molecule has 18 heavy (non-hydrogen) atoms. The third kappa shape index (κ3) is 11.9. The van der Waals surface area contributed by atoms with Gasteiger partial charge in [0.2, 0.25) is 0 Å². The molecule has 0 aliphatic heterocycles. The predicted molar refractivity (Wildman–Crippen MR) is 75.6 cm³/mol. The standard InChI is InChI=1S/2C7H18N.2BrH/c2*1-5-8(4,6-2)7-3;;/h2*5-7H2,1-4H3;2*1H/q2*+1;;/p-2. The largest absolute Gasteiger partial charge is 1.00 e. The Labute approximate surface area is 137 Å². The zero-order valence-corrected chi connectivity index (χ0v) is 17.1. The fourth-order valence-electron chi connectivity index (χ4n) is 1.34. The fraction of sp³-hybridized carbons (Fsp3) is 1.00. The average molecular weight is 392 g/mol. The van der Waals surface area contributed by atoms with E-state index in [1.165, 1.54) is 48.2 Å². The van der Waals surface area contributed by atoms with Gasteiger partial charge in [0.05, 0.1) is 53.4 Å². The van der Waals surface area contributed by atoms with Crippen molar-refractivity contribution in [1.82, 2.24) is 0 Å². The predicted octanol–water partition coefficient (Wildman–Crippen LogP) is -3.01. The Kier molecular flexibility index (Phi) is 21.6. The molecule has 0 aliphatic rings. The molecule has 0 saturated heterocycles. The second kappa shape index (κ2) is 14.3. The van der Waals surface area contributed by atoms with E-state index in [2.05, 4.69) is 55.6 Å². The molecule has 0 spiro atoms. The molecule has 0 fully saturated rings. The quantitative estimate of drug-likeness (QED) is 0.423. The molecule has 0 saturated carbocycles. The average Bonchev–Trinajstić information content (AvgIpc) is 2.37. The van der Waals surface area contributed by atoms with Crippen LogP contribution >= 0.6 is 0 Å². The normalized spacial score (nSPS) is 10.7. The lowest BCUT2D eigenvalue weighted by atomic mass is 10.4. The molecule has 4 heteroatoms. The van der Waals surface area contributed by atoms with Gasteiger partial charge in [-0.2, -0.15) is 0 Å². The number of halogens is 2. The molecule has 0 amide bonds. The van der Waals surface area contributed by atoms with Gasteiger partial charge in [0, 0.05) is 0 Å². The first-order chi connectivity index (χ1) is 7.36. The van der Waals surface area contributed by atoms with Gasteiger partial charge >= 0.3 is 0 Å². The first-order valence-electron chi connectivity index (χ1n) is 7.03. The van der Waals surface area contributed by atoms with Crippen molar-refractivity contribution >= 4 is 0 Å². The van der Waals surface area contributed by atoms with Gasteiger partial charge < -0.3 is 42.9 Å². The minimum absolute atomic E-state index is 0. The highest BCUT2D eigenvalue weighted by Gasteiger charge is 2.11. The summed E-state index contributed by atoms with van der Waals surface area (Å²) in [6, 6.07) is 0. The van der Waals surface area contributed by atoms with Crippen LogP contribution in [0.4, 0.5) is 0 Å². The summed E-state index contributed by atoms with van der Waals surface area (Å²) in [4.78, 5) is 0. The van der Waals surface area contributed by atoms with Crippen LogP contribution < -0.4 is 34.0 Å². The zero-order chi connectivity index (χ0) is 13.2. The third-order valence-electron chi connectivity index (χ3n) is 4.58. The fourth-order valence-corrected chi connectivity index (χ4v) is 1.34. The number of hydrogen-bond donors (Lipinski definition) is 0. The van der Waals surface area contributed by atoms with Crippen LogP contribution in [0.15, 0.2) is 0 Å². The van der Waals surface area contributed by atoms with Crippen molar-refractivity contribution in [2.24, 2.45) is 0 Å². The van der Waals surface area contributed by atoms with E-state index in [-0.39, 0.29) is 34.0 Å². The van der Waals surface area contributed by atoms with Gasteiger partial charge in [-0.25, -0.2) is 0 Å². The maximum absolute atomic E-state index is 2.29. The molecular weight excluding hydrogens is 356 g/mol. The maximum atomic E-state index is 2.29. The molecule has 0 aromatic carbocycles. The Morgan fingerprint density at radius 2 is 0.556 bits per heavy atom. The highest BCUT2D eigenvalue weighted by molar-refractivity contribution is 4.25. The topological polar surface area (TPSA) is 0 Å². The lowest BCUT2D eigenvalue weighted by molar-refractivity contribution is -0.904. The van der Waals surface area contributed by atoms with Crippen molar-refractivity contribution in [3.8, 4) is 0 Å². The summed E-state index contributed by atoms with van der Waals surface area (Å²) in [7, 11) is 4.58.